The molecule has 0 atom stereocenters. The van der Waals surface area contributed by atoms with Crippen LogP contribution in [-0.4, -0.2) is 6.61 Å². The lowest BCUT2D eigenvalue weighted by molar-refractivity contribution is -0.697. The lowest BCUT2D eigenvalue weighted by atomic mass is 10.3. The van der Waals surface area contributed by atoms with Crippen LogP contribution in [0.25, 0.3) is 0 Å². The second-order valence-electron chi connectivity index (χ2n) is 3.27. The number of ether oxygens (including phenoxy) is 1. The van der Waals surface area contributed by atoms with Crippen LogP contribution in [0.15, 0.2) is 60.9 Å². The first-order chi connectivity index (χ1) is 7.45. The molecular formula is C13H14NO+. The van der Waals surface area contributed by atoms with Crippen molar-refractivity contribution in [1.82, 2.24) is 0 Å². The Morgan fingerprint density at radius 3 is 2.27 bits per heavy atom. The molecule has 0 aliphatic carbocycles. The van der Waals surface area contributed by atoms with Gasteiger partial charge in [-0.05, 0) is 12.1 Å². The van der Waals surface area contributed by atoms with E-state index in [2.05, 4.69) is 4.57 Å². The molecule has 1 aromatic carbocycles. The first kappa shape index (κ1) is 9.71. The molecule has 0 saturated carbocycles. The summed E-state index contributed by atoms with van der Waals surface area (Å²) in [5.74, 6) is 0.925. The van der Waals surface area contributed by atoms with Crippen LogP contribution in [0.3, 0.4) is 0 Å². The highest BCUT2D eigenvalue weighted by Crippen LogP contribution is 2.07. The topological polar surface area (TPSA) is 13.1 Å². The van der Waals surface area contributed by atoms with Crippen LogP contribution in [-0.2, 0) is 6.54 Å². The van der Waals surface area contributed by atoms with Gasteiger partial charge >= 0.3 is 0 Å². The Kier molecular flexibility index (Phi) is 3.34. The summed E-state index contributed by atoms with van der Waals surface area (Å²) in [5.41, 5.74) is 0. The molecule has 76 valence electrons. The summed E-state index contributed by atoms with van der Waals surface area (Å²) in [4.78, 5) is 0. The van der Waals surface area contributed by atoms with E-state index in [4.69, 9.17) is 4.74 Å². The SMILES string of the molecule is c1ccc(OCC[n+]2ccccc2)cc1. The largest absolute Gasteiger partial charge is 0.487 e. The highest BCUT2D eigenvalue weighted by Gasteiger charge is 1.98. The van der Waals surface area contributed by atoms with Gasteiger partial charge in [-0.1, -0.05) is 24.3 Å². The van der Waals surface area contributed by atoms with Crippen molar-refractivity contribution < 1.29 is 9.30 Å². The Hall–Kier alpha value is -1.83. The number of benzene rings is 1. The van der Waals surface area contributed by atoms with Gasteiger partial charge in [-0.2, -0.15) is 0 Å². The number of hydrogen-bond acceptors (Lipinski definition) is 1. The van der Waals surface area contributed by atoms with Crippen LogP contribution < -0.4 is 9.30 Å². The number of rotatable bonds is 4. The fraction of sp³-hybridized carbons (Fsp3) is 0.154. The molecule has 0 spiro atoms. The molecular weight excluding hydrogens is 186 g/mol. The van der Waals surface area contributed by atoms with E-state index in [0.29, 0.717) is 6.61 Å². The van der Waals surface area contributed by atoms with Gasteiger partial charge in [0.25, 0.3) is 0 Å². The molecule has 2 nitrogen and oxygen atoms in total. The van der Waals surface area contributed by atoms with Crippen LogP contribution >= 0.6 is 0 Å². The fourth-order valence-electron chi connectivity index (χ4n) is 1.37. The normalized spacial score (nSPS) is 9.87. The highest BCUT2D eigenvalue weighted by atomic mass is 16.5. The average Bonchev–Trinajstić information content (AvgIpc) is 2.32. The van der Waals surface area contributed by atoms with Crippen LogP contribution in [0.1, 0.15) is 0 Å². The van der Waals surface area contributed by atoms with E-state index in [1.807, 2.05) is 60.9 Å². The molecule has 2 aromatic rings. The minimum atomic E-state index is 0.693. The summed E-state index contributed by atoms with van der Waals surface area (Å²) < 4.78 is 7.69. The number of hydrogen-bond donors (Lipinski definition) is 0. The fourth-order valence-corrected chi connectivity index (χ4v) is 1.37. The van der Waals surface area contributed by atoms with Gasteiger partial charge in [-0.3, -0.25) is 0 Å². The zero-order valence-corrected chi connectivity index (χ0v) is 8.54. The lowest BCUT2D eigenvalue weighted by Crippen LogP contribution is -2.35. The molecule has 0 unspecified atom stereocenters. The molecule has 0 fully saturated rings. The number of para-hydroxylation sites is 1. The van der Waals surface area contributed by atoms with Gasteiger partial charge in [0.2, 0.25) is 0 Å². The molecule has 1 heterocycles. The first-order valence-electron chi connectivity index (χ1n) is 5.07. The van der Waals surface area contributed by atoms with Gasteiger partial charge in [0.05, 0.1) is 0 Å². The van der Waals surface area contributed by atoms with Crippen LogP contribution in [0.4, 0.5) is 0 Å². The molecule has 1 aromatic heterocycles. The maximum atomic E-state index is 5.59. The van der Waals surface area contributed by atoms with E-state index in [1.165, 1.54) is 0 Å². The van der Waals surface area contributed by atoms with Gasteiger partial charge in [0.1, 0.15) is 12.4 Å². The van der Waals surface area contributed by atoms with Crippen molar-refractivity contribution in [2.45, 2.75) is 6.54 Å². The van der Waals surface area contributed by atoms with Crippen LogP contribution in [0.5, 0.6) is 5.75 Å². The summed E-state index contributed by atoms with van der Waals surface area (Å²) in [6.07, 6.45) is 4.07. The van der Waals surface area contributed by atoms with Gasteiger partial charge in [-0.25, -0.2) is 4.57 Å². The number of aromatic nitrogens is 1. The molecule has 0 N–H and O–H groups in total. The van der Waals surface area contributed by atoms with Crippen molar-refractivity contribution in [3.8, 4) is 5.75 Å². The molecule has 0 bridgehead atoms. The Labute approximate surface area is 89.8 Å². The zero-order chi connectivity index (χ0) is 10.3. The second-order valence-corrected chi connectivity index (χ2v) is 3.27. The quantitative estimate of drug-likeness (QED) is 0.688. The molecule has 0 aliphatic rings. The van der Waals surface area contributed by atoms with Crippen molar-refractivity contribution in [3.05, 3.63) is 60.9 Å². The predicted molar refractivity (Wildman–Crippen MR) is 58.6 cm³/mol. The van der Waals surface area contributed by atoms with Gasteiger partial charge in [-0.15, -0.1) is 0 Å². The van der Waals surface area contributed by atoms with E-state index >= 15 is 0 Å². The van der Waals surface area contributed by atoms with E-state index in [0.717, 1.165) is 12.3 Å². The minimum absolute atomic E-state index is 0.693. The van der Waals surface area contributed by atoms with Crippen molar-refractivity contribution in [2.75, 3.05) is 6.61 Å². The van der Waals surface area contributed by atoms with Crippen LogP contribution in [0, 0.1) is 0 Å². The molecule has 15 heavy (non-hydrogen) atoms. The summed E-state index contributed by atoms with van der Waals surface area (Å²) in [5, 5.41) is 0. The van der Waals surface area contributed by atoms with E-state index in [-0.39, 0.29) is 0 Å². The second kappa shape index (κ2) is 5.15. The van der Waals surface area contributed by atoms with Crippen molar-refractivity contribution in [3.63, 3.8) is 0 Å². The van der Waals surface area contributed by atoms with Gasteiger partial charge in [0.15, 0.2) is 18.9 Å². The summed E-state index contributed by atoms with van der Waals surface area (Å²) >= 11 is 0. The molecule has 2 heteroatoms. The van der Waals surface area contributed by atoms with Crippen molar-refractivity contribution in [2.24, 2.45) is 0 Å². The average molecular weight is 200 g/mol. The Morgan fingerprint density at radius 2 is 1.53 bits per heavy atom. The number of pyridine rings is 1. The third-order valence-corrected chi connectivity index (χ3v) is 2.14. The Morgan fingerprint density at radius 1 is 0.867 bits per heavy atom. The monoisotopic (exact) mass is 200 g/mol. The number of nitrogens with zero attached hydrogens (tertiary/aromatic N) is 1. The Bertz CT molecular complexity index is 346. The summed E-state index contributed by atoms with van der Waals surface area (Å²) in [6, 6.07) is 15.9. The maximum Gasteiger partial charge on any atom is 0.182 e. The molecule has 0 radical (unpaired) electrons. The van der Waals surface area contributed by atoms with E-state index in [1.54, 1.807) is 0 Å². The first-order valence-corrected chi connectivity index (χ1v) is 5.07. The van der Waals surface area contributed by atoms with Gasteiger partial charge < -0.3 is 4.74 Å². The smallest absolute Gasteiger partial charge is 0.182 e. The van der Waals surface area contributed by atoms with Crippen molar-refractivity contribution in [1.29, 1.82) is 0 Å². The molecule has 2 rings (SSSR count). The predicted octanol–water partition coefficient (Wildman–Crippen LogP) is 2.05. The van der Waals surface area contributed by atoms with E-state index < -0.39 is 0 Å². The molecule has 0 saturated heterocycles. The molecule has 0 aliphatic heterocycles. The summed E-state index contributed by atoms with van der Waals surface area (Å²) in [7, 11) is 0. The third-order valence-electron chi connectivity index (χ3n) is 2.14. The van der Waals surface area contributed by atoms with E-state index in [9.17, 15) is 0 Å². The summed E-state index contributed by atoms with van der Waals surface area (Å²) in [6.45, 7) is 1.56. The van der Waals surface area contributed by atoms with Gasteiger partial charge in [0, 0.05) is 12.1 Å². The highest BCUT2D eigenvalue weighted by molar-refractivity contribution is 5.20. The van der Waals surface area contributed by atoms with Crippen molar-refractivity contribution >= 4 is 0 Å². The standard InChI is InChI=1S/C13H14NO/c1-3-7-13(8-4-1)15-12-11-14-9-5-2-6-10-14/h1-10H,11-12H2/q+1. The zero-order valence-electron chi connectivity index (χ0n) is 8.54. The maximum absolute atomic E-state index is 5.59. The third kappa shape index (κ3) is 3.09. The van der Waals surface area contributed by atoms with Crippen LogP contribution in [0.2, 0.25) is 0 Å². The molecule has 0 amide bonds. The lowest BCUT2D eigenvalue weighted by Gasteiger charge is -2.02. The Balaban J connectivity index is 1.81. The minimum Gasteiger partial charge on any atom is -0.487 e.